The largest absolute Gasteiger partial charge is 0.481 e. The zero-order valence-electron chi connectivity index (χ0n) is 18.8. The number of hydrogen-bond donors (Lipinski definition) is 1. The standard InChI is InChI=1S/C24H45NO3/c1-4-5-6-7-8-9-10-11-12-13-14-15-16-17-18-19-20-25(23(3)26)21-22(2)24(27)28/h11-12,22H,4-10,13-21H2,1-3H3,(H,27,28). The number of allylic oxidation sites excluding steroid dienone is 2. The lowest BCUT2D eigenvalue weighted by Crippen LogP contribution is -2.36. The maximum atomic E-state index is 11.6. The molecule has 0 rings (SSSR count). The third-order valence-electron chi connectivity index (χ3n) is 5.30. The molecule has 0 radical (unpaired) electrons. The van der Waals surface area contributed by atoms with Crippen molar-refractivity contribution < 1.29 is 14.7 Å². The van der Waals surface area contributed by atoms with Crippen molar-refractivity contribution >= 4 is 11.9 Å². The number of unbranched alkanes of at least 4 members (excludes halogenated alkanes) is 12. The summed E-state index contributed by atoms with van der Waals surface area (Å²) >= 11 is 0. The number of carbonyl (C=O) groups excluding carboxylic acids is 1. The average Bonchev–Trinajstić information content (AvgIpc) is 2.66. The van der Waals surface area contributed by atoms with Gasteiger partial charge < -0.3 is 10.0 Å². The number of carboxylic acids is 1. The van der Waals surface area contributed by atoms with Crippen molar-refractivity contribution in [2.45, 2.75) is 111 Å². The van der Waals surface area contributed by atoms with Gasteiger partial charge in [-0.3, -0.25) is 9.59 Å². The number of carbonyl (C=O) groups is 2. The highest BCUT2D eigenvalue weighted by atomic mass is 16.4. The molecule has 28 heavy (non-hydrogen) atoms. The van der Waals surface area contributed by atoms with Gasteiger partial charge in [0, 0.05) is 20.0 Å². The van der Waals surface area contributed by atoms with Crippen LogP contribution in [0.4, 0.5) is 0 Å². The van der Waals surface area contributed by atoms with Crippen molar-refractivity contribution in [3.05, 3.63) is 12.2 Å². The first-order valence-electron chi connectivity index (χ1n) is 11.6. The van der Waals surface area contributed by atoms with E-state index in [1.165, 1.54) is 84.0 Å². The molecule has 0 spiro atoms. The third-order valence-corrected chi connectivity index (χ3v) is 5.30. The van der Waals surface area contributed by atoms with Gasteiger partial charge >= 0.3 is 5.97 Å². The first kappa shape index (κ1) is 26.7. The van der Waals surface area contributed by atoms with Gasteiger partial charge in [-0.05, 0) is 32.1 Å². The van der Waals surface area contributed by atoms with Crippen molar-refractivity contribution in [2.24, 2.45) is 5.92 Å². The minimum Gasteiger partial charge on any atom is -0.481 e. The van der Waals surface area contributed by atoms with Crippen molar-refractivity contribution in [1.29, 1.82) is 0 Å². The van der Waals surface area contributed by atoms with E-state index in [2.05, 4.69) is 19.1 Å². The van der Waals surface area contributed by atoms with Gasteiger partial charge in [0.05, 0.1) is 5.92 Å². The van der Waals surface area contributed by atoms with Gasteiger partial charge in [-0.2, -0.15) is 0 Å². The predicted octanol–water partition coefficient (Wildman–Crippen LogP) is 6.59. The fourth-order valence-electron chi connectivity index (χ4n) is 3.34. The van der Waals surface area contributed by atoms with E-state index in [0.29, 0.717) is 13.1 Å². The SMILES string of the molecule is CCCCCCCCC=CCCCCCCCCN(CC(C)C(=O)O)C(C)=O. The monoisotopic (exact) mass is 395 g/mol. The summed E-state index contributed by atoms with van der Waals surface area (Å²) in [6, 6.07) is 0. The molecule has 1 N–H and O–H groups in total. The lowest BCUT2D eigenvalue weighted by atomic mass is 10.1. The lowest BCUT2D eigenvalue weighted by molar-refractivity contribution is -0.142. The van der Waals surface area contributed by atoms with E-state index in [-0.39, 0.29) is 5.91 Å². The van der Waals surface area contributed by atoms with E-state index in [4.69, 9.17) is 5.11 Å². The van der Waals surface area contributed by atoms with E-state index < -0.39 is 11.9 Å². The van der Waals surface area contributed by atoms with Crippen LogP contribution in [-0.4, -0.2) is 35.0 Å². The van der Waals surface area contributed by atoms with Crippen molar-refractivity contribution in [3.63, 3.8) is 0 Å². The molecule has 1 unspecified atom stereocenters. The van der Waals surface area contributed by atoms with Crippen LogP contribution in [0.5, 0.6) is 0 Å². The highest BCUT2D eigenvalue weighted by Crippen LogP contribution is 2.11. The number of hydrogen-bond acceptors (Lipinski definition) is 2. The molecular weight excluding hydrogens is 350 g/mol. The molecule has 0 bridgehead atoms. The Bertz CT molecular complexity index is 420. The minimum atomic E-state index is -0.840. The summed E-state index contributed by atoms with van der Waals surface area (Å²) in [6.07, 6.45) is 22.4. The van der Waals surface area contributed by atoms with E-state index in [9.17, 15) is 9.59 Å². The molecule has 0 aromatic heterocycles. The van der Waals surface area contributed by atoms with Gasteiger partial charge in [-0.15, -0.1) is 0 Å². The number of rotatable bonds is 19. The second kappa shape index (κ2) is 19.0. The molecule has 1 atom stereocenters. The Balaban J connectivity index is 3.49. The summed E-state index contributed by atoms with van der Waals surface area (Å²) < 4.78 is 0. The minimum absolute atomic E-state index is 0.0270. The summed E-state index contributed by atoms with van der Waals surface area (Å²) in [6.45, 7) is 6.43. The van der Waals surface area contributed by atoms with Crippen LogP contribution in [0.2, 0.25) is 0 Å². The Hall–Kier alpha value is -1.32. The maximum Gasteiger partial charge on any atom is 0.308 e. The van der Waals surface area contributed by atoms with Crippen LogP contribution >= 0.6 is 0 Å². The van der Waals surface area contributed by atoms with E-state index in [0.717, 1.165) is 12.8 Å². The summed E-state index contributed by atoms with van der Waals surface area (Å²) in [5.41, 5.74) is 0. The zero-order chi connectivity index (χ0) is 21.0. The van der Waals surface area contributed by atoms with Crippen LogP contribution in [0.25, 0.3) is 0 Å². The molecule has 0 saturated carbocycles. The Labute approximate surface area is 173 Å². The number of carboxylic acid groups (broad SMARTS) is 1. The van der Waals surface area contributed by atoms with Crippen LogP contribution in [0, 0.1) is 5.92 Å². The third kappa shape index (κ3) is 16.8. The fourth-order valence-corrected chi connectivity index (χ4v) is 3.34. The lowest BCUT2D eigenvalue weighted by Gasteiger charge is -2.23. The molecule has 0 aromatic rings. The first-order chi connectivity index (χ1) is 13.5. The average molecular weight is 396 g/mol. The van der Waals surface area contributed by atoms with E-state index in [1.807, 2.05) is 0 Å². The molecule has 164 valence electrons. The highest BCUT2D eigenvalue weighted by molar-refractivity contribution is 5.75. The molecule has 0 heterocycles. The van der Waals surface area contributed by atoms with Crippen molar-refractivity contribution in [2.75, 3.05) is 13.1 Å². The molecule has 0 aliphatic rings. The Morgan fingerprint density at radius 3 is 1.75 bits per heavy atom. The quantitative estimate of drug-likeness (QED) is 0.198. The summed E-state index contributed by atoms with van der Waals surface area (Å²) in [5.74, 6) is -1.37. The van der Waals surface area contributed by atoms with Gasteiger partial charge in [0.2, 0.25) is 5.91 Å². The van der Waals surface area contributed by atoms with Crippen LogP contribution in [0.3, 0.4) is 0 Å². The molecular formula is C24H45NO3. The summed E-state index contributed by atoms with van der Waals surface area (Å²) in [4.78, 5) is 24.2. The molecule has 4 nitrogen and oxygen atoms in total. The Morgan fingerprint density at radius 2 is 1.29 bits per heavy atom. The van der Waals surface area contributed by atoms with Crippen LogP contribution in [0.15, 0.2) is 12.2 Å². The Morgan fingerprint density at radius 1 is 0.821 bits per heavy atom. The van der Waals surface area contributed by atoms with E-state index in [1.54, 1.807) is 11.8 Å². The topological polar surface area (TPSA) is 57.6 Å². The van der Waals surface area contributed by atoms with Crippen molar-refractivity contribution in [1.82, 2.24) is 4.90 Å². The number of amides is 1. The summed E-state index contributed by atoms with van der Waals surface area (Å²) in [7, 11) is 0. The molecule has 4 heteroatoms. The van der Waals surface area contributed by atoms with Crippen LogP contribution in [-0.2, 0) is 9.59 Å². The van der Waals surface area contributed by atoms with Gasteiger partial charge in [-0.25, -0.2) is 0 Å². The smallest absolute Gasteiger partial charge is 0.308 e. The molecule has 0 fully saturated rings. The molecule has 0 aromatic carbocycles. The predicted molar refractivity (Wildman–Crippen MR) is 119 cm³/mol. The van der Waals surface area contributed by atoms with Gasteiger partial charge in [-0.1, -0.05) is 83.8 Å². The fraction of sp³-hybridized carbons (Fsp3) is 0.833. The molecule has 0 aliphatic carbocycles. The first-order valence-corrected chi connectivity index (χ1v) is 11.6. The van der Waals surface area contributed by atoms with Crippen LogP contribution < -0.4 is 0 Å². The number of nitrogens with zero attached hydrogens (tertiary/aromatic N) is 1. The molecule has 0 aliphatic heterocycles. The maximum absolute atomic E-state index is 11.6. The highest BCUT2D eigenvalue weighted by Gasteiger charge is 2.17. The van der Waals surface area contributed by atoms with Gasteiger partial charge in [0.25, 0.3) is 0 Å². The normalized spacial score (nSPS) is 12.4. The van der Waals surface area contributed by atoms with Gasteiger partial charge in [0.1, 0.15) is 0 Å². The number of aliphatic carboxylic acids is 1. The second-order valence-electron chi connectivity index (χ2n) is 8.14. The van der Waals surface area contributed by atoms with Crippen LogP contribution in [0.1, 0.15) is 111 Å². The second-order valence-corrected chi connectivity index (χ2v) is 8.14. The molecule has 0 saturated heterocycles. The molecule has 1 amide bonds. The summed E-state index contributed by atoms with van der Waals surface area (Å²) in [5, 5.41) is 8.98. The Kier molecular flexibility index (Phi) is 18.1. The zero-order valence-corrected chi connectivity index (χ0v) is 18.8. The van der Waals surface area contributed by atoms with E-state index >= 15 is 0 Å². The van der Waals surface area contributed by atoms with Gasteiger partial charge in [0.15, 0.2) is 0 Å². The van der Waals surface area contributed by atoms with Crippen molar-refractivity contribution in [3.8, 4) is 0 Å².